The largest absolute Gasteiger partial charge is 0.444 e. The van der Waals surface area contributed by atoms with Crippen LogP contribution in [0.1, 0.15) is 38.8 Å². The summed E-state index contributed by atoms with van der Waals surface area (Å²) in [6.45, 7) is 10.3. The van der Waals surface area contributed by atoms with Crippen molar-refractivity contribution in [3.05, 3.63) is 42.3 Å². The average Bonchev–Trinajstić information content (AvgIpc) is 3.21. The molecule has 2 N–H and O–H groups in total. The topological polar surface area (TPSA) is 65.7 Å². The van der Waals surface area contributed by atoms with Gasteiger partial charge in [0.05, 0.1) is 6.54 Å². The summed E-state index contributed by atoms with van der Waals surface area (Å²) in [6.07, 6.45) is 5.46. The summed E-state index contributed by atoms with van der Waals surface area (Å²) in [5.74, 6) is 2.21. The maximum absolute atomic E-state index is 5.60. The van der Waals surface area contributed by atoms with Crippen molar-refractivity contribution in [1.29, 1.82) is 0 Å². The molecular weight excluding hydrogens is 350 g/mol. The lowest BCUT2D eigenvalue weighted by Gasteiger charge is -2.32. The van der Waals surface area contributed by atoms with Gasteiger partial charge in [-0.25, -0.2) is 9.98 Å². The zero-order valence-corrected chi connectivity index (χ0v) is 17.2. The quantitative estimate of drug-likeness (QED) is 0.539. The normalized spacial score (nSPS) is 16.3. The third kappa shape index (κ3) is 6.09. The molecule has 0 unspecified atom stereocenters. The minimum atomic E-state index is 0.501. The number of oxazole rings is 1. The number of rotatable bonds is 8. The molecule has 0 aliphatic carbocycles. The molecule has 0 amide bonds. The van der Waals surface area contributed by atoms with Crippen LogP contribution in [-0.4, -0.2) is 48.6 Å². The molecule has 2 heterocycles. The highest BCUT2D eigenvalue weighted by atomic mass is 16.3. The van der Waals surface area contributed by atoms with Crippen LogP contribution in [0.4, 0.5) is 0 Å². The Labute approximate surface area is 168 Å². The van der Waals surface area contributed by atoms with Crippen LogP contribution in [0, 0.1) is 5.92 Å². The summed E-state index contributed by atoms with van der Waals surface area (Å²) in [4.78, 5) is 11.8. The van der Waals surface area contributed by atoms with Gasteiger partial charge in [-0.15, -0.1) is 0 Å². The van der Waals surface area contributed by atoms with Gasteiger partial charge in [-0.3, -0.25) is 0 Å². The van der Waals surface area contributed by atoms with E-state index in [-0.39, 0.29) is 0 Å². The average molecular weight is 384 g/mol. The van der Waals surface area contributed by atoms with Crippen molar-refractivity contribution in [1.82, 2.24) is 20.5 Å². The molecule has 2 aromatic rings. The molecule has 3 rings (SSSR count). The van der Waals surface area contributed by atoms with E-state index in [2.05, 4.69) is 39.4 Å². The van der Waals surface area contributed by atoms with Crippen molar-refractivity contribution in [3.8, 4) is 11.5 Å². The summed E-state index contributed by atoms with van der Waals surface area (Å²) in [7, 11) is 0. The Hall–Kier alpha value is -2.34. The van der Waals surface area contributed by atoms with Gasteiger partial charge in [0.2, 0.25) is 5.89 Å². The fraction of sp³-hybridized carbons (Fsp3) is 0.545. The Morgan fingerprint density at radius 2 is 1.96 bits per heavy atom. The Kier molecular flexibility index (Phi) is 7.91. The molecule has 0 radical (unpaired) electrons. The highest BCUT2D eigenvalue weighted by Crippen LogP contribution is 2.18. The van der Waals surface area contributed by atoms with Gasteiger partial charge >= 0.3 is 0 Å². The fourth-order valence-corrected chi connectivity index (χ4v) is 3.57. The van der Waals surface area contributed by atoms with Crippen molar-refractivity contribution in [3.63, 3.8) is 0 Å². The monoisotopic (exact) mass is 383 g/mol. The number of piperidine rings is 1. The van der Waals surface area contributed by atoms with Crippen LogP contribution in [0.15, 0.2) is 46.0 Å². The third-order valence-electron chi connectivity index (χ3n) is 5.12. The second-order valence-electron chi connectivity index (χ2n) is 7.37. The molecule has 0 atom stereocenters. The molecule has 0 saturated carbocycles. The number of aromatic nitrogens is 1. The SMILES string of the molecule is CCCN1CCC(CNC(=NCc2coc(-c3ccccc3)n2)NCC)CC1. The van der Waals surface area contributed by atoms with Crippen molar-refractivity contribution in [2.75, 3.05) is 32.7 Å². The predicted octanol–water partition coefficient (Wildman–Crippen LogP) is 3.52. The van der Waals surface area contributed by atoms with Crippen LogP contribution in [0.3, 0.4) is 0 Å². The molecule has 6 heteroatoms. The number of guanidine groups is 1. The molecule has 0 spiro atoms. The number of hydrogen-bond donors (Lipinski definition) is 2. The van der Waals surface area contributed by atoms with Crippen molar-refractivity contribution < 1.29 is 4.42 Å². The van der Waals surface area contributed by atoms with Gasteiger partial charge in [-0.05, 0) is 63.9 Å². The third-order valence-corrected chi connectivity index (χ3v) is 5.12. The molecular formula is C22H33N5O. The standard InChI is InChI=1S/C22H33N5O/c1-3-12-27-13-10-18(11-14-27)15-24-22(23-4-2)25-16-20-17-28-21(26-20)19-8-6-5-7-9-19/h5-9,17-18H,3-4,10-16H2,1-2H3,(H2,23,24,25). The van der Waals surface area contributed by atoms with E-state index in [9.17, 15) is 0 Å². The van der Waals surface area contributed by atoms with E-state index < -0.39 is 0 Å². The van der Waals surface area contributed by atoms with E-state index in [1.165, 1.54) is 38.9 Å². The maximum atomic E-state index is 5.60. The Morgan fingerprint density at radius 1 is 1.18 bits per heavy atom. The number of likely N-dealkylation sites (tertiary alicyclic amines) is 1. The van der Waals surface area contributed by atoms with E-state index in [4.69, 9.17) is 4.42 Å². The van der Waals surface area contributed by atoms with Gasteiger partial charge in [-0.1, -0.05) is 25.1 Å². The first-order chi connectivity index (χ1) is 13.8. The minimum absolute atomic E-state index is 0.501. The van der Waals surface area contributed by atoms with Crippen molar-refractivity contribution in [2.45, 2.75) is 39.7 Å². The zero-order chi connectivity index (χ0) is 19.6. The van der Waals surface area contributed by atoms with Crippen molar-refractivity contribution in [2.24, 2.45) is 10.9 Å². The van der Waals surface area contributed by atoms with Gasteiger partial charge in [0.1, 0.15) is 12.0 Å². The van der Waals surface area contributed by atoms with Gasteiger partial charge in [0.25, 0.3) is 0 Å². The minimum Gasteiger partial charge on any atom is -0.444 e. The molecule has 1 aliphatic heterocycles. The maximum Gasteiger partial charge on any atom is 0.226 e. The second-order valence-corrected chi connectivity index (χ2v) is 7.37. The summed E-state index contributed by atoms with van der Waals surface area (Å²) in [5, 5.41) is 6.84. The summed E-state index contributed by atoms with van der Waals surface area (Å²) in [6, 6.07) is 9.95. The number of benzene rings is 1. The van der Waals surface area contributed by atoms with Crippen LogP contribution in [0.25, 0.3) is 11.5 Å². The van der Waals surface area contributed by atoms with Crippen molar-refractivity contribution >= 4 is 5.96 Å². The predicted molar refractivity (Wildman–Crippen MR) is 114 cm³/mol. The Balaban J connectivity index is 1.50. The van der Waals surface area contributed by atoms with E-state index in [0.717, 1.165) is 30.3 Å². The molecule has 28 heavy (non-hydrogen) atoms. The Bertz CT molecular complexity index is 720. The molecule has 6 nitrogen and oxygen atoms in total. The molecule has 1 saturated heterocycles. The van der Waals surface area contributed by atoms with Gasteiger partial charge in [-0.2, -0.15) is 0 Å². The fourth-order valence-electron chi connectivity index (χ4n) is 3.57. The van der Waals surface area contributed by atoms with Crippen LogP contribution in [0.2, 0.25) is 0 Å². The van der Waals surface area contributed by atoms with Gasteiger partial charge < -0.3 is 20.0 Å². The van der Waals surface area contributed by atoms with E-state index in [1.807, 2.05) is 30.3 Å². The van der Waals surface area contributed by atoms with E-state index in [1.54, 1.807) is 6.26 Å². The summed E-state index contributed by atoms with van der Waals surface area (Å²) in [5.41, 5.74) is 1.82. The van der Waals surface area contributed by atoms with Crippen LogP contribution in [0.5, 0.6) is 0 Å². The number of nitrogens with zero attached hydrogens (tertiary/aromatic N) is 3. The molecule has 1 aromatic heterocycles. The number of aliphatic imine (C=N–C) groups is 1. The first kappa shape index (κ1) is 20.4. The summed E-state index contributed by atoms with van der Waals surface area (Å²) < 4.78 is 5.60. The zero-order valence-electron chi connectivity index (χ0n) is 17.2. The molecule has 1 aromatic carbocycles. The van der Waals surface area contributed by atoms with Gasteiger partial charge in [0.15, 0.2) is 5.96 Å². The summed E-state index contributed by atoms with van der Waals surface area (Å²) >= 11 is 0. The lowest BCUT2D eigenvalue weighted by molar-refractivity contribution is 0.185. The second kappa shape index (κ2) is 10.9. The van der Waals surface area contributed by atoms with Gasteiger partial charge in [0, 0.05) is 18.7 Å². The lowest BCUT2D eigenvalue weighted by atomic mass is 9.97. The van der Waals surface area contributed by atoms with Crippen LogP contribution >= 0.6 is 0 Å². The van der Waals surface area contributed by atoms with E-state index >= 15 is 0 Å². The number of nitrogens with one attached hydrogen (secondary N) is 2. The molecule has 152 valence electrons. The lowest BCUT2D eigenvalue weighted by Crippen LogP contribution is -2.43. The first-order valence-electron chi connectivity index (χ1n) is 10.5. The van der Waals surface area contributed by atoms with Crippen LogP contribution < -0.4 is 10.6 Å². The highest BCUT2D eigenvalue weighted by Gasteiger charge is 2.18. The molecule has 1 aliphatic rings. The first-order valence-corrected chi connectivity index (χ1v) is 10.5. The van der Waals surface area contributed by atoms with E-state index in [0.29, 0.717) is 18.4 Å². The number of hydrogen-bond acceptors (Lipinski definition) is 4. The molecule has 0 bridgehead atoms. The van der Waals surface area contributed by atoms with Crippen LogP contribution in [-0.2, 0) is 6.54 Å². The Morgan fingerprint density at radius 3 is 2.68 bits per heavy atom. The molecule has 1 fully saturated rings. The highest BCUT2D eigenvalue weighted by molar-refractivity contribution is 5.79. The smallest absolute Gasteiger partial charge is 0.226 e.